The summed E-state index contributed by atoms with van der Waals surface area (Å²) in [6.45, 7) is 0.195. The lowest BCUT2D eigenvalue weighted by atomic mass is 10.2. The van der Waals surface area contributed by atoms with Gasteiger partial charge in [0.1, 0.15) is 0 Å². The molecule has 5 rings (SSSR count). The summed E-state index contributed by atoms with van der Waals surface area (Å²) in [5.41, 5.74) is 4.94. The van der Waals surface area contributed by atoms with E-state index in [-0.39, 0.29) is 30.3 Å². The number of nitrogens with one attached hydrogen (secondary N) is 3. The van der Waals surface area contributed by atoms with Crippen molar-refractivity contribution in [3.63, 3.8) is 0 Å². The Morgan fingerprint density at radius 1 is 0.829 bits per heavy atom. The van der Waals surface area contributed by atoms with Crippen molar-refractivity contribution in [2.45, 2.75) is 0 Å². The summed E-state index contributed by atoms with van der Waals surface area (Å²) >= 11 is 0. The fourth-order valence-electron chi connectivity index (χ4n) is 3.14. The molecule has 0 bridgehead atoms. The van der Waals surface area contributed by atoms with Gasteiger partial charge in [0.2, 0.25) is 24.6 Å². The van der Waals surface area contributed by atoms with Gasteiger partial charge in [-0.25, -0.2) is 5.43 Å². The number of nitro groups is 1. The smallest absolute Gasteiger partial charge is 0.269 e. The molecule has 1 aromatic heterocycles. The van der Waals surface area contributed by atoms with Crippen molar-refractivity contribution in [3.8, 4) is 11.5 Å². The van der Waals surface area contributed by atoms with Crippen LogP contribution in [0.5, 0.6) is 11.5 Å². The largest absolute Gasteiger partial charge is 0.454 e. The molecular weight excluding hydrogens is 452 g/mol. The molecule has 0 atom stereocenters. The molecule has 0 spiro atoms. The number of para-hydroxylation sites is 1. The highest BCUT2D eigenvalue weighted by Crippen LogP contribution is 2.32. The summed E-state index contributed by atoms with van der Waals surface area (Å²) in [6.07, 6.45) is 1.60. The van der Waals surface area contributed by atoms with Crippen LogP contribution in [0.3, 0.4) is 0 Å². The molecular formula is C23H18N8O4. The number of aromatic nitrogens is 3. The first-order chi connectivity index (χ1) is 17.1. The molecule has 0 amide bonds. The molecule has 0 saturated carbocycles. The number of hydrogen-bond acceptors (Lipinski definition) is 11. The molecule has 1 aliphatic rings. The van der Waals surface area contributed by atoms with Gasteiger partial charge in [0.05, 0.1) is 11.1 Å². The molecule has 35 heavy (non-hydrogen) atoms. The van der Waals surface area contributed by atoms with E-state index in [0.717, 1.165) is 11.3 Å². The van der Waals surface area contributed by atoms with Crippen LogP contribution in [0.2, 0.25) is 0 Å². The Labute approximate surface area is 198 Å². The molecule has 4 aromatic rings. The van der Waals surface area contributed by atoms with Crippen LogP contribution < -0.4 is 25.5 Å². The maximum Gasteiger partial charge on any atom is 0.269 e. The molecule has 12 nitrogen and oxygen atoms in total. The summed E-state index contributed by atoms with van der Waals surface area (Å²) in [6, 6.07) is 20.8. The van der Waals surface area contributed by atoms with Crippen molar-refractivity contribution in [1.82, 2.24) is 15.0 Å². The fourth-order valence-corrected chi connectivity index (χ4v) is 3.14. The van der Waals surface area contributed by atoms with Crippen LogP contribution in [0.4, 0.5) is 34.9 Å². The van der Waals surface area contributed by atoms with Crippen molar-refractivity contribution in [3.05, 3.63) is 88.5 Å². The van der Waals surface area contributed by atoms with Crippen LogP contribution in [0.25, 0.3) is 0 Å². The van der Waals surface area contributed by atoms with Gasteiger partial charge in [0.15, 0.2) is 11.5 Å². The predicted octanol–water partition coefficient (Wildman–Crippen LogP) is 4.44. The van der Waals surface area contributed by atoms with Crippen LogP contribution in [0, 0.1) is 10.1 Å². The molecule has 1 aliphatic heterocycles. The van der Waals surface area contributed by atoms with Gasteiger partial charge in [-0.3, -0.25) is 10.1 Å². The van der Waals surface area contributed by atoms with Crippen molar-refractivity contribution in [2.75, 3.05) is 22.9 Å². The van der Waals surface area contributed by atoms with Crippen molar-refractivity contribution < 1.29 is 14.4 Å². The van der Waals surface area contributed by atoms with E-state index in [1.807, 2.05) is 42.5 Å². The second-order valence-electron chi connectivity index (χ2n) is 7.21. The number of hydrazone groups is 1. The van der Waals surface area contributed by atoms with Crippen molar-refractivity contribution >= 4 is 41.1 Å². The number of non-ortho nitro benzene ring substituents is 1. The maximum absolute atomic E-state index is 10.9. The highest BCUT2D eigenvalue weighted by molar-refractivity contribution is 5.81. The Morgan fingerprint density at radius 3 is 2.20 bits per heavy atom. The number of anilines is 5. The van der Waals surface area contributed by atoms with E-state index in [4.69, 9.17) is 9.47 Å². The van der Waals surface area contributed by atoms with E-state index in [1.54, 1.807) is 24.4 Å². The second-order valence-corrected chi connectivity index (χ2v) is 7.21. The number of fused-ring (bicyclic) bond motifs is 1. The summed E-state index contributed by atoms with van der Waals surface area (Å²) in [5, 5.41) is 21.3. The lowest BCUT2D eigenvalue weighted by Crippen LogP contribution is -2.07. The van der Waals surface area contributed by atoms with Crippen LogP contribution in [0.15, 0.2) is 77.9 Å². The molecule has 12 heteroatoms. The highest BCUT2D eigenvalue weighted by atomic mass is 16.7. The van der Waals surface area contributed by atoms with E-state index in [2.05, 4.69) is 36.1 Å². The molecule has 3 N–H and O–H groups in total. The van der Waals surface area contributed by atoms with Crippen LogP contribution in [0.1, 0.15) is 5.56 Å². The summed E-state index contributed by atoms with van der Waals surface area (Å²) < 4.78 is 10.7. The zero-order valence-electron chi connectivity index (χ0n) is 18.1. The second kappa shape index (κ2) is 9.70. The SMILES string of the molecule is O=[N+]([O-])c1ccc(Nc2nc(N/N=C\c3ccc4c(c3)OCO4)nc(Nc3ccccc3)n2)cc1. The zero-order chi connectivity index (χ0) is 24.0. The monoisotopic (exact) mass is 470 g/mol. The predicted molar refractivity (Wildman–Crippen MR) is 130 cm³/mol. The number of rotatable bonds is 8. The normalized spacial score (nSPS) is 11.9. The Kier molecular flexibility index (Phi) is 5.98. The molecule has 174 valence electrons. The Hall–Kier alpha value is -5.26. The summed E-state index contributed by atoms with van der Waals surface area (Å²) in [4.78, 5) is 23.5. The molecule has 0 radical (unpaired) electrons. The Morgan fingerprint density at radius 2 is 1.49 bits per heavy atom. The van der Waals surface area contributed by atoms with E-state index in [1.165, 1.54) is 12.1 Å². The van der Waals surface area contributed by atoms with Crippen molar-refractivity contribution in [2.24, 2.45) is 5.10 Å². The first kappa shape index (κ1) is 21.6. The van der Waals surface area contributed by atoms with Gasteiger partial charge in [0, 0.05) is 23.5 Å². The van der Waals surface area contributed by atoms with Gasteiger partial charge in [-0.2, -0.15) is 20.1 Å². The third-order valence-electron chi connectivity index (χ3n) is 4.77. The molecule has 3 aromatic carbocycles. The number of benzene rings is 3. The topological polar surface area (TPSA) is 149 Å². The number of nitrogens with zero attached hydrogens (tertiary/aromatic N) is 5. The first-order valence-electron chi connectivity index (χ1n) is 10.4. The van der Waals surface area contributed by atoms with Crippen LogP contribution >= 0.6 is 0 Å². The Balaban J connectivity index is 1.37. The van der Waals surface area contributed by atoms with E-state index in [9.17, 15) is 10.1 Å². The minimum Gasteiger partial charge on any atom is -0.454 e. The maximum atomic E-state index is 10.9. The lowest BCUT2D eigenvalue weighted by molar-refractivity contribution is -0.384. The molecule has 0 saturated heterocycles. The standard InChI is InChI=1S/C23H18N8O4/c32-31(33)18-9-7-17(8-10-18)26-22-27-21(25-16-4-2-1-3-5-16)28-23(29-22)30-24-13-15-6-11-19-20(12-15)35-14-34-19/h1-13H,14H2,(H3,25,26,27,28,29,30)/b24-13-. The average molecular weight is 470 g/mol. The Bertz CT molecular complexity index is 1380. The van der Waals surface area contributed by atoms with Gasteiger partial charge in [-0.15, -0.1) is 0 Å². The average Bonchev–Trinajstić information content (AvgIpc) is 3.33. The third kappa shape index (κ3) is 5.39. The van der Waals surface area contributed by atoms with Crippen LogP contribution in [-0.4, -0.2) is 32.9 Å². The molecule has 0 fully saturated rings. The van der Waals surface area contributed by atoms with Gasteiger partial charge in [-0.1, -0.05) is 18.2 Å². The van der Waals surface area contributed by atoms with Gasteiger partial charge >= 0.3 is 0 Å². The van der Waals surface area contributed by atoms with Crippen LogP contribution in [-0.2, 0) is 0 Å². The molecule has 2 heterocycles. The first-order valence-corrected chi connectivity index (χ1v) is 10.4. The van der Waals surface area contributed by atoms with Gasteiger partial charge in [-0.05, 0) is 48.0 Å². The van der Waals surface area contributed by atoms with E-state index < -0.39 is 4.92 Å². The molecule has 0 unspecified atom stereocenters. The van der Waals surface area contributed by atoms with Crippen molar-refractivity contribution in [1.29, 1.82) is 0 Å². The fraction of sp³-hybridized carbons (Fsp3) is 0.0435. The molecule has 0 aliphatic carbocycles. The minimum absolute atomic E-state index is 0.0159. The van der Waals surface area contributed by atoms with Gasteiger partial charge in [0.25, 0.3) is 5.69 Å². The quantitative estimate of drug-likeness (QED) is 0.192. The minimum atomic E-state index is -0.464. The van der Waals surface area contributed by atoms with E-state index in [0.29, 0.717) is 17.2 Å². The van der Waals surface area contributed by atoms with Gasteiger partial charge < -0.3 is 20.1 Å². The zero-order valence-corrected chi connectivity index (χ0v) is 18.1. The third-order valence-corrected chi connectivity index (χ3v) is 4.77. The number of hydrogen-bond donors (Lipinski definition) is 3. The summed E-state index contributed by atoms with van der Waals surface area (Å²) in [7, 11) is 0. The highest BCUT2D eigenvalue weighted by Gasteiger charge is 2.13. The number of nitro benzene ring substituents is 1. The lowest BCUT2D eigenvalue weighted by Gasteiger charge is -2.10. The number of ether oxygens (including phenoxy) is 2. The summed E-state index contributed by atoms with van der Waals surface area (Å²) in [5.74, 6) is 2.01. The van der Waals surface area contributed by atoms with E-state index >= 15 is 0 Å².